The lowest BCUT2D eigenvalue weighted by atomic mass is 10.1. The van der Waals surface area contributed by atoms with E-state index in [2.05, 4.69) is 10.1 Å². The minimum absolute atomic E-state index is 0.154. The largest absolute Gasteiger partial charge is 0.465 e. The van der Waals surface area contributed by atoms with Crippen LogP contribution < -0.4 is 5.32 Å². The Balaban J connectivity index is 1.94. The highest BCUT2D eigenvalue weighted by atomic mass is 35.5. The molecule has 0 aliphatic heterocycles. The van der Waals surface area contributed by atoms with Crippen LogP contribution in [-0.4, -0.2) is 19.0 Å². The second-order valence-electron chi connectivity index (χ2n) is 3.97. The highest BCUT2D eigenvalue weighted by Gasteiger charge is 2.10. The molecule has 0 aliphatic rings. The molecule has 0 saturated heterocycles. The van der Waals surface area contributed by atoms with E-state index in [0.29, 0.717) is 12.1 Å². The molecule has 0 fully saturated rings. The van der Waals surface area contributed by atoms with Gasteiger partial charge in [0.1, 0.15) is 0 Å². The van der Waals surface area contributed by atoms with Crippen molar-refractivity contribution < 1.29 is 18.7 Å². The van der Waals surface area contributed by atoms with Crippen LogP contribution in [0.25, 0.3) is 0 Å². The topological polar surface area (TPSA) is 68.5 Å². The monoisotopic (exact) mass is 293 g/mol. The van der Waals surface area contributed by atoms with Crippen molar-refractivity contribution in [1.29, 1.82) is 0 Å². The van der Waals surface area contributed by atoms with Crippen LogP contribution in [0.4, 0.5) is 0 Å². The summed E-state index contributed by atoms with van der Waals surface area (Å²) in [4.78, 5) is 23.0. The highest BCUT2D eigenvalue weighted by Crippen LogP contribution is 2.13. The highest BCUT2D eigenvalue weighted by molar-refractivity contribution is 6.29. The number of hydrogen-bond acceptors (Lipinski definition) is 4. The van der Waals surface area contributed by atoms with Gasteiger partial charge in [0, 0.05) is 6.54 Å². The molecule has 0 aliphatic carbocycles. The van der Waals surface area contributed by atoms with Crippen LogP contribution in [0.5, 0.6) is 0 Å². The van der Waals surface area contributed by atoms with E-state index in [9.17, 15) is 9.59 Å². The predicted molar refractivity (Wildman–Crippen MR) is 72.7 cm³/mol. The first kappa shape index (κ1) is 14.1. The average Bonchev–Trinajstić information content (AvgIpc) is 2.91. The Labute approximate surface area is 120 Å². The molecule has 5 nitrogen and oxygen atoms in total. The molecular formula is C14H12ClNO4. The van der Waals surface area contributed by atoms with Crippen molar-refractivity contribution in [3.8, 4) is 0 Å². The molecule has 2 rings (SSSR count). The van der Waals surface area contributed by atoms with Crippen molar-refractivity contribution in [2.45, 2.75) is 6.54 Å². The summed E-state index contributed by atoms with van der Waals surface area (Å²) in [6, 6.07) is 9.75. The molecule has 0 radical (unpaired) electrons. The molecule has 1 aromatic heterocycles. The van der Waals surface area contributed by atoms with Crippen LogP contribution in [0.1, 0.15) is 26.5 Å². The summed E-state index contributed by atoms with van der Waals surface area (Å²) in [5.41, 5.74) is 1.31. The normalized spacial score (nSPS) is 10.1. The van der Waals surface area contributed by atoms with Crippen LogP contribution in [0.15, 0.2) is 40.8 Å². The van der Waals surface area contributed by atoms with E-state index in [0.717, 1.165) is 5.56 Å². The second-order valence-corrected chi connectivity index (χ2v) is 4.35. The Morgan fingerprint density at radius 1 is 1.20 bits per heavy atom. The van der Waals surface area contributed by atoms with E-state index in [4.69, 9.17) is 16.0 Å². The van der Waals surface area contributed by atoms with Crippen molar-refractivity contribution in [1.82, 2.24) is 5.32 Å². The lowest BCUT2D eigenvalue weighted by Gasteiger charge is -2.04. The Kier molecular flexibility index (Phi) is 4.42. The van der Waals surface area contributed by atoms with Gasteiger partial charge in [-0.05, 0) is 41.4 Å². The Morgan fingerprint density at radius 2 is 1.90 bits per heavy atom. The number of halogens is 1. The van der Waals surface area contributed by atoms with E-state index >= 15 is 0 Å². The zero-order chi connectivity index (χ0) is 14.5. The summed E-state index contributed by atoms with van der Waals surface area (Å²) < 4.78 is 9.59. The van der Waals surface area contributed by atoms with Crippen LogP contribution in [-0.2, 0) is 11.3 Å². The Morgan fingerprint density at radius 3 is 2.45 bits per heavy atom. The minimum atomic E-state index is -0.397. The fraction of sp³-hybridized carbons (Fsp3) is 0.143. The van der Waals surface area contributed by atoms with Gasteiger partial charge in [0.2, 0.25) is 0 Å². The molecule has 0 unspecified atom stereocenters. The molecule has 20 heavy (non-hydrogen) atoms. The zero-order valence-electron chi connectivity index (χ0n) is 10.7. The standard InChI is InChI=1S/C14H12ClNO4/c1-19-14(18)10-4-2-9(3-5-10)8-16-13(17)11-6-7-12(15)20-11/h2-7H,8H2,1H3,(H,16,17). The molecule has 6 heteroatoms. The predicted octanol–water partition coefficient (Wildman–Crippen LogP) is 2.65. The fourth-order valence-corrected chi connectivity index (χ4v) is 1.73. The minimum Gasteiger partial charge on any atom is -0.465 e. The number of benzene rings is 1. The first-order chi connectivity index (χ1) is 9.60. The number of nitrogens with one attached hydrogen (secondary N) is 1. The van der Waals surface area contributed by atoms with Gasteiger partial charge in [0.05, 0.1) is 12.7 Å². The third-order valence-electron chi connectivity index (χ3n) is 2.63. The van der Waals surface area contributed by atoms with Gasteiger partial charge in [-0.25, -0.2) is 4.79 Å². The fourth-order valence-electron chi connectivity index (χ4n) is 1.58. The molecule has 0 saturated carbocycles. The number of hydrogen-bond donors (Lipinski definition) is 1. The molecule has 0 bridgehead atoms. The summed E-state index contributed by atoms with van der Waals surface area (Å²) >= 11 is 5.59. The quantitative estimate of drug-likeness (QED) is 0.880. The molecule has 2 aromatic rings. The van der Waals surface area contributed by atoms with Gasteiger partial charge in [0.15, 0.2) is 11.0 Å². The molecule has 104 valence electrons. The van der Waals surface area contributed by atoms with Crippen LogP contribution in [0.2, 0.25) is 5.22 Å². The number of rotatable bonds is 4. The SMILES string of the molecule is COC(=O)c1ccc(CNC(=O)c2ccc(Cl)o2)cc1. The maximum atomic E-state index is 11.7. The zero-order valence-corrected chi connectivity index (χ0v) is 11.4. The summed E-state index contributed by atoms with van der Waals surface area (Å²) in [7, 11) is 1.32. The van der Waals surface area contributed by atoms with E-state index in [-0.39, 0.29) is 16.9 Å². The van der Waals surface area contributed by atoms with Crippen molar-refractivity contribution in [3.63, 3.8) is 0 Å². The molecule has 0 spiro atoms. The van der Waals surface area contributed by atoms with Crippen LogP contribution in [0, 0.1) is 0 Å². The van der Waals surface area contributed by atoms with E-state index in [1.165, 1.54) is 19.2 Å². The lowest BCUT2D eigenvalue weighted by molar-refractivity contribution is 0.0600. The first-order valence-corrected chi connectivity index (χ1v) is 6.18. The number of carbonyl (C=O) groups is 2. The lowest BCUT2D eigenvalue weighted by Crippen LogP contribution is -2.22. The van der Waals surface area contributed by atoms with E-state index in [1.54, 1.807) is 24.3 Å². The van der Waals surface area contributed by atoms with Gasteiger partial charge in [-0.2, -0.15) is 0 Å². The summed E-state index contributed by atoms with van der Waals surface area (Å²) in [5, 5.41) is 2.85. The van der Waals surface area contributed by atoms with Gasteiger partial charge in [-0.15, -0.1) is 0 Å². The third-order valence-corrected chi connectivity index (χ3v) is 2.83. The molecular weight excluding hydrogens is 282 g/mol. The van der Waals surface area contributed by atoms with Crippen molar-refractivity contribution in [2.24, 2.45) is 0 Å². The molecule has 1 heterocycles. The third kappa shape index (κ3) is 3.39. The van der Waals surface area contributed by atoms with Gasteiger partial charge in [0.25, 0.3) is 5.91 Å². The van der Waals surface area contributed by atoms with E-state index < -0.39 is 5.97 Å². The number of amides is 1. The van der Waals surface area contributed by atoms with Gasteiger partial charge in [-0.3, -0.25) is 4.79 Å². The van der Waals surface area contributed by atoms with Gasteiger partial charge >= 0.3 is 5.97 Å². The number of carbonyl (C=O) groups excluding carboxylic acids is 2. The summed E-state index contributed by atoms with van der Waals surface area (Å²) in [5.74, 6) is -0.596. The van der Waals surface area contributed by atoms with Crippen molar-refractivity contribution in [3.05, 3.63) is 58.5 Å². The van der Waals surface area contributed by atoms with Crippen LogP contribution >= 0.6 is 11.6 Å². The number of ether oxygens (including phenoxy) is 1. The summed E-state index contributed by atoms with van der Waals surface area (Å²) in [6.07, 6.45) is 0. The van der Waals surface area contributed by atoms with E-state index in [1.807, 2.05) is 0 Å². The molecule has 1 amide bonds. The van der Waals surface area contributed by atoms with Crippen molar-refractivity contribution in [2.75, 3.05) is 7.11 Å². The first-order valence-electron chi connectivity index (χ1n) is 5.81. The van der Waals surface area contributed by atoms with Crippen molar-refractivity contribution >= 4 is 23.5 Å². The number of methoxy groups -OCH3 is 1. The number of furan rings is 1. The smallest absolute Gasteiger partial charge is 0.337 e. The molecule has 0 atom stereocenters. The van der Waals surface area contributed by atoms with Crippen LogP contribution in [0.3, 0.4) is 0 Å². The van der Waals surface area contributed by atoms with Gasteiger partial charge in [-0.1, -0.05) is 12.1 Å². The Hall–Kier alpha value is -2.27. The molecule has 1 N–H and O–H groups in total. The second kappa shape index (κ2) is 6.25. The average molecular weight is 294 g/mol. The van der Waals surface area contributed by atoms with Gasteiger partial charge < -0.3 is 14.5 Å². The molecule has 1 aromatic carbocycles. The maximum absolute atomic E-state index is 11.7. The number of esters is 1. The summed E-state index contributed by atoms with van der Waals surface area (Å²) in [6.45, 7) is 0.318. The maximum Gasteiger partial charge on any atom is 0.337 e. The Bertz CT molecular complexity index is 618.